The van der Waals surface area contributed by atoms with Crippen LogP contribution >= 0.6 is 0 Å². The van der Waals surface area contributed by atoms with E-state index in [1.165, 1.54) is 13.4 Å². The summed E-state index contributed by atoms with van der Waals surface area (Å²) in [5.74, 6) is 0.634. The number of rotatable bonds is 5. The summed E-state index contributed by atoms with van der Waals surface area (Å²) in [6.07, 6.45) is 0.513. The standard InChI is InChI=1S/C22H22O6/c1-12-8-13(2)14(3)18(9-12)28-20-11-26-19-10-16(6-7-17(19)21(20)23)27-15(4)22(24)25-5/h6-11,15H,1-5H3/t15-/m1/s1. The first-order valence-electron chi connectivity index (χ1n) is 8.86. The second-order valence-corrected chi connectivity index (χ2v) is 6.68. The summed E-state index contributed by atoms with van der Waals surface area (Å²) in [5.41, 5.74) is 3.15. The number of ether oxygens (including phenoxy) is 3. The molecule has 28 heavy (non-hydrogen) atoms. The molecular weight excluding hydrogens is 360 g/mol. The molecule has 0 N–H and O–H groups in total. The zero-order valence-electron chi connectivity index (χ0n) is 16.5. The number of hydrogen-bond acceptors (Lipinski definition) is 6. The lowest BCUT2D eigenvalue weighted by atomic mass is 10.1. The topological polar surface area (TPSA) is 75.0 Å². The van der Waals surface area contributed by atoms with E-state index in [1.807, 2.05) is 26.8 Å². The van der Waals surface area contributed by atoms with Crippen LogP contribution in [0.3, 0.4) is 0 Å². The lowest BCUT2D eigenvalue weighted by Crippen LogP contribution is -2.24. The molecule has 0 spiro atoms. The van der Waals surface area contributed by atoms with Gasteiger partial charge >= 0.3 is 5.97 Å². The number of fused-ring (bicyclic) bond motifs is 1. The van der Waals surface area contributed by atoms with Crippen LogP contribution in [0, 0.1) is 20.8 Å². The largest absolute Gasteiger partial charge is 0.479 e. The first-order valence-corrected chi connectivity index (χ1v) is 8.86. The minimum Gasteiger partial charge on any atom is -0.479 e. The molecule has 3 aromatic rings. The highest BCUT2D eigenvalue weighted by Gasteiger charge is 2.16. The number of carbonyl (C=O) groups excluding carboxylic acids is 1. The second kappa shape index (κ2) is 7.76. The Morgan fingerprint density at radius 1 is 1.07 bits per heavy atom. The van der Waals surface area contributed by atoms with Gasteiger partial charge in [0.25, 0.3) is 0 Å². The summed E-state index contributed by atoms with van der Waals surface area (Å²) in [4.78, 5) is 24.3. The summed E-state index contributed by atoms with van der Waals surface area (Å²) in [6, 6.07) is 8.69. The predicted octanol–water partition coefficient (Wildman–Crippen LogP) is 4.45. The summed E-state index contributed by atoms with van der Waals surface area (Å²) in [7, 11) is 1.29. The number of carbonyl (C=O) groups is 1. The lowest BCUT2D eigenvalue weighted by Gasteiger charge is -2.13. The van der Waals surface area contributed by atoms with Crippen molar-refractivity contribution in [1.29, 1.82) is 0 Å². The van der Waals surface area contributed by atoms with Crippen LogP contribution in [-0.4, -0.2) is 19.2 Å². The molecule has 0 bridgehead atoms. The van der Waals surface area contributed by atoms with E-state index in [1.54, 1.807) is 25.1 Å². The number of benzene rings is 2. The number of hydrogen-bond donors (Lipinski definition) is 0. The van der Waals surface area contributed by atoms with Crippen molar-refractivity contribution in [3.05, 3.63) is 63.5 Å². The zero-order chi connectivity index (χ0) is 20.4. The zero-order valence-corrected chi connectivity index (χ0v) is 16.5. The third kappa shape index (κ3) is 3.86. The predicted molar refractivity (Wildman–Crippen MR) is 105 cm³/mol. The van der Waals surface area contributed by atoms with Gasteiger partial charge in [-0.25, -0.2) is 4.79 Å². The molecule has 0 unspecified atom stereocenters. The highest BCUT2D eigenvalue weighted by atomic mass is 16.6. The van der Waals surface area contributed by atoms with Crippen molar-refractivity contribution in [3.63, 3.8) is 0 Å². The maximum Gasteiger partial charge on any atom is 0.346 e. The van der Waals surface area contributed by atoms with Crippen molar-refractivity contribution in [1.82, 2.24) is 0 Å². The number of aryl methyl sites for hydroxylation is 2. The van der Waals surface area contributed by atoms with E-state index < -0.39 is 12.1 Å². The van der Waals surface area contributed by atoms with E-state index in [0.29, 0.717) is 22.5 Å². The molecule has 0 amide bonds. The fourth-order valence-corrected chi connectivity index (χ4v) is 2.88. The lowest BCUT2D eigenvalue weighted by molar-refractivity contribution is -0.147. The van der Waals surface area contributed by atoms with Gasteiger partial charge in [0, 0.05) is 6.07 Å². The molecule has 2 aromatic carbocycles. The van der Waals surface area contributed by atoms with Gasteiger partial charge in [0.1, 0.15) is 23.3 Å². The average Bonchev–Trinajstić information content (AvgIpc) is 2.67. The molecule has 0 radical (unpaired) electrons. The average molecular weight is 382 g/mol. The third-order valence-corrected chi connectivity index (χ3v) is 4.54. The monoisotopic (exact) mass is 382 g/mol. The molecule has 146 valence electrons. The van der Waals surface area contributed by atoms with E-state index in [-0.39, 0.29) is 11.2 Å². The van der Waals surface area contributed by atoms with Crippen LogP contribution in [0.5, 0.6) is 17.2 Å². The Morgan fingerprint density at radius 2 is 1.82 bits per heavy atom. The molecule has 0 aliphatic heterocycles. The summed E-state index contributed by atoms with van der Waals surface area (Å²) in [6.45, 7) is 7.49. The van der Waals surface area contributed by atoms with Crippen LogP contribution in [-0.2, 0) is 9.53 Å². The van der Waals surface area contributed by atoms with Gasteiger partial charge < -0.3 is 18.6 Å². The van der Waals surface area contributed by atoms with Crippen molar-refractivity contribution < 1.29 is 23.4 Å². The van der Waals surface area contributed by atoms with Gasteiger partial charge in [0.15, 0.2) is 6.10 Å². The van der Waals surface area contributed by atoms with E-state index >= 15 is 0 Å². The van der Waals surface area contributed by atoms with E-state index in [4.69, 9.17) is 13.9 Å². The molecule has 3 rings (SSSR count). The van der Waals surface area contributed by atoms with Gasteiger partial charge in [-0.05, 0) is 62.6 Å². The molecule has 6 heteroatoms. The van der Waals surface area contributed by atoms with E-state index in [9.17, 15) is 9.59 Å². The fraction of sp³-hybridized carbons (Fsp3) is 0.273. The van der Waals surface area contributed by atoms with Crippen molar-refractivity contribution in [2.45, 2.75) is 33.8 Å². The third-order valence-electron chi connectivity index (χ3n) is 4.54. The maximum atomic E-state index is 12.8. The van der Waals surface area contributed by atoms with E-state index in [2.05, 4.69) is 10.8 Å². The minimum absolute atomic E-state index is 0.109. The number of methoxy groups -OCH3 is 1. The SMILES string of the molecule is COC(=O)[C@@H](C)Oc1ccc2c(=O)c(Oc3cc(C)cc(C)c3C)coc2c1. The Balaban J connectivity index is 1.93. The van der Waals surface area contributed by atoms with Crippen LogP contribution in [0.25, 0.3) is 11.0 Å². The van der Waals surface area contributed by atoms with Crippen molar-refractivity contribution in [2.24, 2.45) is 0 Å². The molecule has 1 atom stereocenters. The Kier molecular flexibility index (Phi) is 5.40. The van der Waals surface area contributed by atoms with Crippen LogP contribution < -0.4 is 14.9 Å². The van der Waals surface area contributed by atoms with Gasteiger partial charge in [0.2, 0.25) is 11.2 Å². The molecule has 6 nitrogen and oxygen atoms in total. The molecule has 1 heterocycles. The minimum atomic E-state index is -0.774. The first-order chi connectivity index (χ1) is 13.3. The highest BCUT2D eigenvalue weighted by molar-refractivity contribution is 5.79. The van der Waals surface area contributed by atoms with Gasteiger partial charge in [-0.2, -0.15) is 0 Å². The molecule has 0 aliphatic carbocycles. The molecule has 0 aliphatic rings. The smallest absolute Gasteiger partial charge is 0.346 e. The number of esters is 1. The van der Waals surface area contributed by atoms with Crippen LogP contribution in [0.15, 0.2) is 45.8 Å². The Bertz CT molecular complexity index is 1100. The quantitative estimate of drug-likeness (QED) is 0.607. The summed E-state index contributed by atoms with van der Waals surface area (Å²) < 4.78 is 21.6. The summed E-state index contributed by atoms with van der Waals surface area (Å²) >= 11 is 0. The molecular formula is C22H22O6. The van der Waals surface area contributed by atoms with Crippen LogP contribution in [0.2, 0.25) is 0 Å². The van der Waals surface area contributed by atoms with Crippen molar-refractivity contribution >= 4 is 16.9 Å². The molecule has 0 saturated heterocycles. The Hall–Kier alpha value is -3.28. The second-order valence-electron chi connectivity index (χ2n) is 6.68. The fourth-order valence-electron chi connectivity index (χ4n) is 2.88. The van der Waals surface area contributed by atoms with E-state index in [0.717, 1.165) is 16.7 Å². The van der Waals surface area contributed by atoms with Crippen molar-refractivity contribution in [2.75, 3.05) is 7.11 Å². The van der Waals surface area contributed by atoms with Gasteiger partial charge in [-0.15, -0.1) is 0 Å². The molecule has 1 aromatic heterocycles. The summed E-state index contributed by atoms with van der Waals surface area (Å²) in [5, 5.41) is 0.359. The molecule has 0 fully saturated rings. The van der Waals surface area contributed by atoms with Gasteiger partial charge in [-0.1, -0.05) is 6.07 Å². The first kappa shape index (κ1) is 19.5. The normalized spacial score (nSPS) is 11.9. The Morgan fingerprint density at radius 3 is 2.54 bits per heavy atom. The van der Waals surface area contributed by atoms with Gasteiger partial charge in [0.05, 0.1) is 12.5 Å². The van der Waals surface area contributed by atoms with Crippen LogP contribution in [0.1, 0.15) is 23.6 Å². The maximum absolute atomic E-state index is 12.8. The Labute approximate surface area is 162 Å². The highest BCUT2D eigenvalue weighted by Crippen LogP contribution is 2.29. The van der Waals surface area contributed by atoms with Gasteiger partial charge in [-0.3, -0.25) is 4.79 Å². The van der Waals surface area contributed by atoms with Crippen LogP contribution in [0.4, 0.5) is 0 Å². The molecule has 0 saturated carbocycles. The van der Waals surface area contributed by atoms with Crippen molar-refractivity contribution in [3.8, 4) is 17.2 Å².